The summed E-state index contributed by atoms with van der Waals surface area (Å²) >= 11 is 0. The van der Waals surface area contributed by atoms with Crippen LogP contribution in [-0.2, 0) is 21.7 Å². The van der Waals surface area contributed by atoms with E-state index in [9.17, 15) is 0 Å². The van der Waals surface area contributed by atoms with Gasteiger partial charge in [0.05, 0.1) is 0 Å². The molecule has 2 aliphatic heterocycles. The maximum atomic E-state index is 4.91. The first-order valence-electron chi connectivity index (χ1n) is 22.7. The van der Waals surface area contributed by atoms with Crippen molar-refractivity contribution in [1.29, 1.82) is 0 Å². The fourth-order valence-corrected chi connectivity index (χ4v) is 9.71. The van der Waals surface area contributed by atoms with Crippen molar-refractivity contribution in [2.24, 2.45) is 0 Å². The first-order valence-corrected chi connectivity index (χ1v) is 22.7. The molecule has 0 saturated heterocycles. The van der Waals surface area contributed by atoms with E-state index in [0.717, 1.165) is 28.3 Å². The first-order chi connectivity index (χ1) is 29.7. The molecule has 0 radical (unpaired) electrons. The Labute approximate surface area is 375 Å². The van der Waals surface area contributed by atoms with E-state index in [1.54, 1.807) is 0 Å². The van der Waals surface area contributed by atoms with Crippen LogP contribution in [0, 0.1) is 0 Å². The summed E-state index contributed by atoms with van der Waals surface area (Å²) in [6.45, 7) is 27.9. The quantitative estimate of drug-likeness (QED) is 0.166. The largest absolute Gasteiger partial charge is 0.311 e. The molecule has 0 fully saturated rings. The molecule has 0 aliphatic carbocycles. The van der Waals surface area contributed by atoms with Crippen LogP contribution in [0.1, 0.15) is 105 Å². The highest BCUT2D eigenvalue weighted by Gasteiger charge is 2.45. The van der Waals surface area contributed by atoms with E-state index in [1.807, 2.05) is 18.5 Å². The number of benzene rings is 7. The third-order valence-electron chi connectivity index (χ3n) is 13.4. The van der Waals surface area contributed by atoms with Gasteiger partial charge in [0.1, 0.15) is 0 Å². The summed E-state index contributed by atoms with van der Waals surface area (Å²) in [7, 11) is 0. The van der Waals surface area contributed by atoms with Crippen molar-refractivity contribution in [3.8, 4) is 11.4 Å². The number of hydrogen-bond acceptors (Lipinski definition) is 4. The molecule has 10 rings (SSSR count). The molecule has 8 aromatic rings. The number of rotatable bonds is 3. The van der Waals surface area contributed by atoms with E-state index in [4.69, 9.17) is 9.97 Å². The molecular weight excluding hydrogens is 763 g/mol. The van der Waals surface area contributed by atoms with Gasteiger partial charge in [0.25, 0.3) is 6.71 Å². The SMILES string of the molecule is CC(C)(C)c1cc(N2c3cc4ccccc4cc3B3c4cc5ccccc5cc4N(c4cc(C(C)(C)C)cc(C(C)(C)C)c4)c4cc(-c5ncccn5)cc2c43)cc(C(C)(C)C)c1. The van der Waals surface area contributed by atoms with E-state index in [2.05, 4.69) is 214 Å². The zero-order chi connectivity index (χ0) is 44.4. The van der Waals surface area contributed by atoms with E-state index in [0.29, 0.717) is 5.82 Å². The van der Waals surface area contributed by atoms with Crippen molar-refractivity contribution in [1.82, 2.24) is 9.97 Å². The molecule has 3 heterocycles. The molecule has 0 N–H and O–H groups in total. The topological polar surface area (TPSA) is 32.3 Å². The van der Waals surface area contributed by atoms with Crippen LogP contribution in [-0.4, -0.2) is 16.7 Å². The molecular formula is C58H59BN4. The van der Waals surface area contributed by atoms with Gasteiger partial charge in [0.2, 0.25) is 0 Å². The molecule has 314 valence electrons. The summed E-state index contributed by atoms with van der Waals surface area (Å²) in [6.07, 6.45) is 3.72. The highest BCUT2D eigenvalue weighted by Crippen LogP contribution is 2.49. The fourth-order valence-electron chi connectivity index (χ4n) is 9.71. The standard InChI is InChI=1S/C58H59BN4/c1-55(2,3)41-30-42(56(4,5)6)33-45(32-41)62-49-26-38-20-15-13-18-36(38)24-47(49)59-48-25-37-19-14-16-21-39(37)27-50(48)63(46-34-43(57(7,8)9)31-44(35-46)58(10,11)12)52-29-40(28-51(62)53(52)59)54-60-22-17-23-61-54/h13-35H,1-12H3. The maximum absolute atomic E-state index is 4.91. The molecule has 5 heteroatoms. The Morgan fingerprint density at radius 2 is 0.730 bits per heavy atom. The van der Waals surface area contributed by atoms with Gasteiger partial charge in [-0.05, 0) is 136 Å². The molecule has 0 bridgehead atoms. The average molecular weight is 823 g/mol. The van der Waals surface area contributed by atoms with Crippen LogP contribution >= 0.6 is 0 Å². The Hall–Kier alpha value is -6.20. The van der Waals surface area contributed by atoms with Crippen molar-refractivity contribution in [3.05, 3.63) is 162 Å². The minimum atomic E-state index is -0.0701. The molecule has 7 aromatic carbocycles. The number of anilines is 6. The Morgan fingerprint density at radius 3 is 1.08 bits per heavy atom. The molecule has 0 spiro atoms. The second-order valence-corrected chi connectivity index (χ2v) is 22.2. The van der Waals surface area contributed by atoms with Gasteiger partial charge >= 0.3 is 0 Å². The van der Waals surface area contributed by atoms with Crippen molar-refractivity contribution in [2.75, 3.05) is 9.80 Å². The summed E-state index contributed by atoms with van der Waals surface area (Å²) in [5.41, 5.74) is 16.9. The summed E-state index contributed by atoms with van der Waals surface area (Å²) in [5, 5.41) is 4.93. The summed E-state index contributed by atoms with van der Waals surface area (Å²) < 4.78 is 0. The third kappa shape index (κ3) is 7.01. The van der Waals surface area contributed by atoms with Gasteiger partial charge in [-0.25, -0.2) is 9.97 Å². The molecule has 4 nitrogen and oxygen atoms in total. The Bertz CT molecular complexity index is 2870. The minimum absolute atomic E-state index is 0.0479. The van der Waals surface area contributed by atoms with Crippen molar-refractivity contribution >= 4 is 78.8 Å². The number of hydrogen-bond donors (Lipinski definition) is 0. The van der Waals surface area contributed by atoms with E-state index >= 15 is 0 Å². The maximum Gasteiger partial charge on any atom is 0.252 e. The number of aromatic nitrogens is 2. The zero-order valence-corrected chi connectivity index (χ0v) is 39.1. The fraction of sp³-hybridized carbons (Fsp3) is 0.276. The summed E-state index contributed by atoms with van der Waals surface area (Å²) in [6, 6.07) is 48.8. The normalized spacial score (nSPS) is 13.9. The van der Waals surface area contributed by atoms with Crippen LogP contribution in [0.3, 0.4) is 0 Å². The van der Waals surface area contributed by atoms with Gasteiger partial charge in [0, 0.05) is 52.1 Å². The first kappa shape index (κ1) is 40.9. The van der Waals surface area contributed by atoms with E-state index in [-0.39, 0.29) is 28.4 Å². The Morgan fingerprint density at radius 1 is 0.381 bits per heavy atom. The van der Waals surface area contributed by atoms with Crippen LogP contribution in [0.2, 0.25) is 0 Å². The van der Waals surface area contributed by atoms with Crippen LogP contribution in [0.4, 0.5) is 34.1 Å². The van der Waals surface area contributed by atoms with Crippen molar-refractivity contribution in [3.63, 3.8) is 0 Å². The van der Waals surface area contributed by atoms with Crippen molar-refractivity contribution in [2.45, 2.75) is 105 Å². The zero-order valence-electron chi connectivity index (χ0n) is 39.1. The Balaban J connectivity index is 1.40. The number of fused-ring (bicyclic) bond motifs is 6. The Kier molecular flexibility index (Phi) is 9.18. The van der Waals surface area contributed by atoms with Gasteiger partial charge < -0.3 is 9.80 Å². The lowest BCUT2D eigenvalue weighted by atomic mass is 9.33. The predicted octanol–water partition coefficient (Wildman–Crippen LogP) is 13.7. The highest BCUT2D eigenvalue weighted by molar-refractivity contribution is 7.00. The monoisotopic (exact) mass is 822 g/mol. The molecule has 0 amide bonds. The van der Waals surface area contributed by atoms with Gasteiger partial charge in [-0.1, -0.05) is 156 Å². The lowest BCUT2D eigenvalue weighted by Crippen LogP contribution is -2.61. The van der Waals surface area contributed by atoms with Crippen LogP contribution in [0.5, 0.6) is 0 Å². The molecule has 63 heavy (non-hydrogen) atoms. The smallest absolute Gasteiger partial charge is 0.252 e. The molecule has 2 aliphatic rings. The number of nitrogens with zero attached hydrogens (tertiary/aromatic N) is 4. The molecule has 0 atom stereocenters. The molecule has 0 unspecified atom stereocenters. The highest BCUT2D eigenvalue weighted by atomic mass is 15.2. The second-order valence-electron chi connectivity index (χ2n) is 22.2. The molecule has 0 saturated carbocycles. The van der Waals surface area contributed by atoms with E-state index in [1.165, 1.54) is 71.6 Å². The van der Waals surface area contributed by atoms with Gasteiger partial charge in [-0.3, -0.25) is 0 Å². The van der Waals surface area contributed by atoms with Crippen molar-refractivity contribution < 1.29 is 0 Å². The van der Waals surface area contributed by atoms with Crippen LogP contribution in [0.15, 0.2) is 140 Å². The van der Waals surface area contributed by atoms with Crippen LogP contribution in [0.25, 0.3) is 32.9 Å². The third-order valence-corrected chi connectivity index (χ3v) is 13.4. The summed E-state index contributed by atoms with van der Waals surface area (Å²) in [5.74, 6) is 0.708. The lowest BCUT2D eigenvalue weighted by molar-refractivity contribution is 0.568. The lowest BCUT2D eigenvalue weighted by Gasteiger charge is -2.45. The van der Waals surface area contributed by atoms with E-state index < -0.39 is 0 Å². The predicted molar refractivity (Wildman–Crippen MR) is 271 cm³/mol. The van der Waals surface area contributed by atoms with Gasteiger partial charge in [-0.2, -0.15) is 0 Å². The minimum Gasteiger partial charge on any atom is -0.311 e. The summed E-state index contributed by atoms with van der Waals surface area (Å²) in [4.78, 5) is 15.0. The van der Waals surface area contributed by atoms with Gasteiger partial charge in [-0.15, -0.1) is 0 Å². The average Bonchev–Trinajstić information content (AvgIpc) is 3.23. The van der Waals surface area contributed by atoms with Gasteiger partial charge in [0.15, 0.2) is 5.82 Å². The molecule has 1 aromatic heterocycles. The van der Waals surface area contributed by atoms with Crippen LogP contribution < -0.4 is 26.2 Å². The second kappa shape index (κ2) is 14.2.